The van der Waals surface area contributed by atoms with E-state index < -0.39 is 27.9 Å². The van der Waals surface area contributed by atoms with Crippen molar-refractivity contribution in [3.63, 3.8) is 0 Å². The Labute approximate surface area is 142 Å². The molecule has 0 fully saturated rings. The molecule has 8 heteroatoms. The van der Waals surface area contributed by atoms with Crippen molar-refractivity contribution in [2.45, 2.75) is 19.4 Å². The number of anilines is 1. The number of nitro groups is 1. The van der Waals surface area contributed by atoms with Gasteiger partial charge in [0.05, 0.1) is 4.92 Å². The average Bonchev–Trinajstić information content (AvgIpc) is 2.51. The third-order valence-electron chi connectivity index (χ3n) is 3.13. The van der Waals surface area contributed by atoms with Crippen molar-refractivity contribution < 1.29 is 18.8 Å². The molecule has 0 radical (unpaired) electrons. The van der Waals surface area contributed by atoms with Crippen LogP contribution >= 0.6 is 11.6 Å². The summed E-state index contributed by atoms with van der Waals surface area (Å²) in [6.45, 7) is 3.07. The Kier molecular flexibility index (Phi) is 5.04. The standard InChI is InChI=1S/C16H14ClFN2O4/c1-16(2,24-12-6-3-10(17)4-7-12)15(21)19-11-5-8-13(18)14(9-11)20(22)23/h3-9H,1-2H3,(H,19,21). The van der Waals surface area contributed by atoms with Gasteiger partial charge in [0, 0.05) is 16.8 Å². The number of ether oxygens (including phenoxy) is 1. The zero-order chi connectivity index (χ0) is 17.9. The molecule has 6 nitrogen and oxygen atoms in total. The predicted octanol–water partition coefficient (Wildman–Crippen LogP) is 4.18. The van der Waals surface area contributed by atoms with Gasteiger partial charge in [0.15, 0.2) is 5.60 Å². The summed E-state index contributed by atoms with van der Waals surface area (Å²) >= 11 is 5.79. The van der Waals surface area contributed by atoms with Gasteiger partial charge in [0.25, 0.3) is 5.91 Å². The first kappa shape index (κ1) is 17.7. The van der Waals surface area contributed by atoms with E-state index in [0.29, 0.717) is 10.8 Å². The van der Waals surface area contributed by atoms with Crippen molar-refractivity contribution >= 4 is 28.9 Å². The Morgan fingerprint density at radius 1 is 1.25 bits per heavy atom. The SMILES string of the molecule is CC(C)(Oc1ccc(Cl)cc1)C(=O)Nc1ccc(F)c([N+](=O)[O-])c1. The quantitative estimate of drug-likeness (QED) is 0.646. The molecule has 0 spiro atoms. The number of hydrogen-bond donors (Lipinski definition) is 1. The summed E-state index contributed by atoms with van der Waals surface area (Å²) in [6.07, 6.45) is 0. The number of amides is 1. The van der Waals surface area contributed by atoms with Crippen LogP contribution in [-0.4, -0.2) is 16.4 Å². The summed E-state index contributed by atoms with van der Waals surface area (Å²) in [6, 6.07) is 9.56. The summed E-state index contributed by atoms with van der Waals surface area (Å²) in [5, 5.41) is 13.7. The summed E-state index contributed by atoms with van der Waals surface area (Å²) < 4.78 is 18.9. The Bertz CT molecular complexity index is 778. The second-order valence-electron chi connectivity index (χ2n) is 5.44. The highest BCUT2D eigenvalue weighted by molar-refractivity contribution is 6.30. The number of nitrogens with one attached hydrogen (secondary N) is 1. The van der Waals surface area contributed by atoms with Gasteiger partial charge >= 0.3 is 5.69 Å². The van der Waals surface area contributed by atoms with E-state index in [1.54, 1.807) is 24.3 Å². The summed E-state index contributed by atoms with van der Waals surface area (Å²) in [5.74, 6) is -1.09. The lowest BCUT2D eigenvalue weighted by atomic mass is 10.1. The van der Waals surface area contributed by atoms with Gasteiger partial charge < -0.3 is 10.1 Å². The van der Waals surface area contributed by atoms with E-state index in [1.165, 1.54) is 19.9 Å². The minimum atomic E-state index is -1.27. The van der Waals surface area contributed by atoms with Crippen molar-refractivity contribution in [3.05, 3.63) is 63.4 Å². The Hall–Kier alpha value is -2.67. The highest BCUT2D eigenvalue weighted by Crippen LogP contribution is 2.24. The molecule has 0 saturated heterocycles. The lowest BCUT2D eigenvalue weighted by molar-refractivity contribution is -0.387. The normalized spacial score (nSPS) is 11.0. The van der Waals surface area contributed by atoms with Crippen LogP contribution in [0.5, 0.6) is 5.75 Å². The average molecular weight is 353 g/mol. The number of nitro benzene ring substituents is 1. The smallest absolute Gasteiger partial charge is 0.306 e. The lowest BCUT2D eigenvalue weighted by Gasteiger charge is -2.25. The first-order valence-corrected chi connectivity index (χ1v) is 7.27. The molecule has 0 bridgehead atoms. The molecule has 0 aliphatic carbocycles. The number of hydrogen-bond acceptors (Lipinski definition) is 4. The van der Waals surface area contributed by atoms with Crippen molar-refractivity contribution in [2.75, 3.05) is 5.32 Å². The van der Waals surface area contributed by atoms with E-state index in [2.05, 4.69) is 5.32 Å². The molecule has 0 unspecified atom stereocenters. The zero-order valence-electron chi connectivity index (χ0n) is 12.9. The van der Waals surface area contributed by atoms with Crippen molar-refractivity contribution in [1.29, 1.82) is 0 Å². The number of benzene rings is 2. The van der Waals surface area contributed by atoms with Crippen LogP contribution in [-0.2, 0) is 4.79 Å². The molecule has 0 aliphatic rings. The number of rotatable bonds is 5. The second kappa shape index (κ2) is 6.84. The maximum absolute atomic E-state index is 13.3. The van der Waals surface area contributed by atoms with E-state index in [9.17, 15) is 19.3 Å². The molecule has 1 N–H and O–H groups in total. The summed E-state index contributed by atoms with van der Waals surface area (Å²) in [4.78, 5) is 22.2. The molecule has 0 aliphatic heterocycles. The maximum Gasteiger partial charge on any atom is 0.306 e. The molecule has 2 rings (SSSR count). The van der Waals surface area contributed by atoms with E-state index >= 15 is 0 Å². The number of carbonyl (C=O) groups is 1. The second-order valence-corrected chi connectivity index (χ2v) is 5.88. The van der Waals surface area contributed by atoms with E-state index in [1.807, 2.05) is 0 Å². The van der Waals surface area contributed by atoms with Crippen LogP contribution in [0.25, 0.3) is 0 Å². The summed E-state index contributed by atoms with van der Waals surface area (Å²) in [5.41, 5.74) is -1.89. The van der Waals surface area contributed by atoms with Crippen LogP contribution in [0.3, 0.4) is 0 Å². The van der Waals surface area contributed by atoms with Crippen LogP contribution in [0.4, 0.5) is 15.8 Å². The first-order chi connectivity index (χ1) is 11.2. The molecule has 0 aromatic heterocycles. The monoisotopic (exact) mass is 352 g/mol. The number of nitrogens with zero attached hydrogens (tertiary/aromatic N) is 1. The highest BCUT2D eigenvalue weighted by Gasteiger charge is 2.30. The molecule has 0 heterocycles. The third-order valence-corrected chi connectivity index (χ3v) is 3.39. The first-order valence-electron chi connectivity index (χ1n) is 6.89. The van der Waals surface area contributed by atoms with Crippen molar-refractivity contribution in [2.24, 2.45) is 0 Å². The third kappa shape index (κ3) is 4.20. The van der Waals surface area contributed by atoms with E-state index in [0.717, 1.165) is 12.1 Å². The molecule has 24 heavy (non-hydrogen) atoms. The van der Waals surface area contributed by atoms with Gasteiger partial charge in [-0.25, -0.2) is 0 Å². The molecular weight excluding hydrogens is 339 g/mol. The van der Waals surface area contributed by atoms with Gasteiger partial charge in [-0.1, -0.05) is 11.6 Å². The number of halogens is 2. The van der Waals surface area contributed by atoms with Crippen LogP contribution < -0.4 is 10.1 Å². The fourth-order valence-corrected chi connectivity index (χ4v) is 1.98. The van der Waals surface area contributed by atoms with Crippen molar-refractivity contribution in [1.82, 2.24) is 0 Å². The van der Waals surface area contributed by atoms with Gasteiger partial charge in [-0.15, -0.1) is 0 Å². The molecule has 0 atom stereocenters. The number of carbonyl (C=O) groups excluding carboxylic acids is 1. The topological polar surface area (TPSA) is 81.5 Å². The van der Waals surface area contributed by atoms with Crippen LogP contribution in [0.1, 0.15) is 13.8 Å². The van der Waals surface area contributed by atoms with Crippen molar-refractivity contribution in [3.8, 4) is 5.75 Å². The molecule has 126 valence electrons. The minimum Gasteiger partial charge on any atom is -0.478 e. The predicted molar refractivity (Wildman–Crippen MR) is 87.8 cm³/mol. The van der Waals surface area contributed by atoms with E-state index in [-0.39, 0.29) is 5.69 Å². The minimum absolute atomic E-state index is 0.0980. The van der Waals surface area contributed by atoms with Crippen LogP contribution in [0, 0.1) is 15.9 Å². The van der Waals surface area contributed by atoms with Gasteiger partial charge in [0.1, 0.15) is 5.75 Å². The summed E-state index contributed by atoms with van der Waals surface area (Å²) in [7, 11) is 0. The Balaban J connectivity index is 2.14. The molecule has 2 aromatic carbocycles. The lowest BCUT2D eigenvalue weighted by Crippen LogP contribution is -2.42. The van der Waals surface area contributed by atoms with Crippen LogP contribution in [0.15, 0.2) is 42.5 Å². The zero-order valence-corrected chi connectivity index (χ0v) is 13.6. The maximum atomic E-state index is 13.3. The largest absolute Gasteiger partial charge is 0.478 e. The Morgan fingerprint density at radius 3 is 2.46 bits per heavy atom. The molecule has 1 amide bonds. The molecular formula is C16H14ClFN2O4. The van der Waals surface area contributed by atoms with Gasteiger partial charge in [-0.2, -0.15) is 4.39 Å². The highest BCUT2D eigenvalue weighted by atomic mass is 35.5. The van der Waals surface area contributed by atoms with Gasteiger partial charge in [-0.3, -0.25) is 14.9 Å². The van der Waals surface area contributed by atoms with Crippen LogP contribution in [0.2, 0.25) is 5.02 Å². The van der Waals surface area contributed by atoms with Gasteiger partial charge in [-0.05, 0) is 50.2 Å². The van der Waals surface area contributed by atoms with E-state index in [4.69, 9.17) is 16.3 Å². The molecule has 2 aromatic rings. The Morgan fingerprint density at radius 2 is 1.88 bits per heavy atom. The molecule has 0 saturated carbocycles. The fraction of sp³-hybridized carbons (Fsp3) is 0.188. The fourth-order valence-electron chi connectivity index (χ4n) is 1.86. The van der Waals surface area contributed by atoms with Gasteiger partial charge in [0.2, 0.25) is 5.82 Å².